The lowest BCUT2D eigenvalue weighted by atomic mass is 9.91. The molecule has 0 aliphatic heterocycles. The number of hydrogen-bond donors (Lipinski definition) is 2. The maximum absolute atomic E-state index is 12.3. The first-order chi connectivity index (χ1) is 10.1. The van der Waals surface area contributed by atoms with E-state index in [1.54, 1.807) is 24.3 Å². The third-order valence-electron chi connectivity index (χ3n) is 3.45. The van der Waals surface area contributed by atoms with Crippen LogP contribution in [-0.4, -0.2) is 11.7 Å². The van der Waals surface area contributed by atoms with Crippen LogP contribution in [0.4, 0.5) is 0 Å². The molecule has 1 atom stereocenters. The van der Waals surface area contributed by atoms with Crippen molar-refractivity contribution in [2.45, 2.75) is 18.9 Å². The van der Waals surface area contributed by atoms with Gasteiger partial charge in [0.1, 0.15) is 0 Å². The van der Waals surface area contributed by atoms with Crippen LogP contribution < -0.4 is 11.5 Å². The van der Waals surface area contributed by atoms with Crippen molar-refractivity contribution >= 4 is 11.7 Å². The standard InChI is InChI=1S/C17H18N2O2/c18-11-12-6-8-14(9-7-12)16(20)10-15(17(19)21)13-4-2-1-3-5-13/h1-9,15H,10-11,18H2,(H2,19,21). The molecule has 0 aliphatic rings. The SMILES string of the molecule is NCc1ccc(C(=O)CC(C(N)=O)c2ccccc2)cc1. The first-order valence-electron chi connectivity index (χ1n) is 6.78. The summed E-state index contributed by atoms with van der Waals surface area (Å²) in [6, 6.07) is 16.2. The van der Waals surface area contributed by atoms with E-state index in [0.29, 0.717) is 12.1 Å². The molecule has 2 aromatic rings. The van der Waals surface area contributed by atoms with E-state index >= 15 is 0 Å². The molecule has 0 spiro atoms. The van der Waals surface area contributed by atoms with Crippen molar-refractivity contribution in [3.63, 3.8) is 0 Å². The molecule has 0 bridgehead atoms. The molecule has 108 valence electrons. The molecule has 0 aliphatic carbocycles. The lowest BCUT2D eigenvalue weighted by Gasteiger charge is -2.13. The van der Waals surface area contributed by atoms with Gasteiger partial charge in [-0.15, -0.1) is 0 Å². The molecule has 0 heterocycles. The van der Waals surface area contributed by atoms with Crippen LogP contribution in [0.25, 0.3) is 0 Å². The Morgan fingerprint density at radius 1 is 0.952 bits per heavy atom. The van der Waals surface area contributed by atoms with Crippen LogP contribution in [0.1, 0.15) is 33.8 Å². The van der Waals surface area contributed by atoms with Crippen LogP contribution in [0.2, 0.25) is 0 Å². The van der Waals surface area contributed by atoms with E-state index in [1.165, 1.54) is 0 Å². The number of carbonyl (C=O) groups is 2. The van der Waals surface area contributed by atoms with E-state index in [4.69, 9.17) is 11.5 Å². The van der Waals surface area contributed by atoms with Crippen LogP contribution in [-0.2, 0) is 11.3 Å². The molecule has 4 nitrogen and oxygen atoms in total. The van der Waals surface area contributed by atoms with Gasteiger partial charge in [0, 0.05) is 18.5 Å². The van der Waals surface area contributed by atoms with Gasteiger partial charge in [0.15, 0.2) is 5.78 Å². The molecule has 21 heavy (non-hydrogen) atoms. The molecule has 0 aromatic heterocycles. The summed E-state index contributed by atoms with van der Waals surface area (Å²) >= 11 is 0. The van der Waals surface area contributed by atoms with Gasteiger partial charge in [-0.25, -0.2) is 0 Å². The van der Waals surface area contributed by atoms with Crippen LogP contribution >= 0.6 is 0 Å². The average Bonchev–Trinajstić information content (AvgIpc) is 2.53. The van der Waals surface area contributed by atoms with Gasteiger partial charge in [0.05, 0.1) is 5.92 Å². The average molecular weight is 282 g/mol. The highest BCUT2D eigenvalue weighted by Crippen LogP contribution is 2.21. The highest BCUT2D eigenvalue weighted by molar-refractivity contribution is 5.99. The molecular weight excluding hydrogens is 264 g/mol. The lowest BCUT2D eigenvalue weighted by Crippen LogP contribution is -2.24. The van der Waals surface area contributed by atoms with E-state index in [9.17, 15) is 9.59 Å². The number of carbonyl (C=O) groups excluding carboxylic acids is 2. The van der Waals surface area contributed by atoms with Gasteiger partial charge in [-0.2, -0.15) is 0 Å². The smallest absolute Gasteiger partial charge is 0.225 e. The molecule has 1 unspecified atom stereocenters. The third-order valence-corrected chi connectivity index (χ3v) is 3.45. The largest absolute Gasteiger partial charge is 0.369 e. The van der Waals surface area contributed by atoms with Crippen molar-refractivity contribution in [2.24, 2.45) is 11.5 Å². The number of ketones is 1. The minimum Gasteiger partial charge on any atom is -0.369 e. The summed E-state index contributed by atoms with van der Waals surface area (Å²) in [6.45, 7) is 0.433. The van der Waals surface area contributed by atoms with Crippen LogP contribution in [0.3, 0.4) is 0 Å². The number of benzene rings is 2. The zero-order valence-electron chi connectivity index (χ0n) is 11.7. The molecule has 0 fully saturated rings. The Balaban J connectivity index is 2.16. The molecule has 4 heteroatoms. The van der Waals surface area contributed by atoms with Crippen molar-refractivity contribution < 1.29 is 9.59 Å². The summed E-state index contributed by atoms with van der Waals surface area (Å²) in [4.78, 5) is 23.9. The molecule has 2 rings (SSSR count). The van der Waals surface area contributed by atoms with Crippen molar-refractivity contribution in [3.8, 4) is 0 Å². The van der Waals surface area contributed by atoms with Gasteiger partial charge in [0.2, 0.25) is 5.91 Å². The van der Waals surface area contributed by atoms with Gasteiger partial charge in [0.25, 0.3) is 0 Å². The Morgan fingerprint density at radius 2 is 1.57 bits per heavy atom. The summed E-state index contributed by atoms with van der Waals surface area (Å²) in [5.74, 6) is -1.20. The summed E-state index contributed by atoms with van der Waals surface area (Å²) in [5, 5.41) is 0. The molecule has 4 N–H and O–H groups in total. The van der Waals surface area contributed by atoms with E-state index < -0.39 is 11.8 Å². The zero-order valence-corrected chi connectivity index (χ0v) is 11.7. The number of rotatable bonds is 6. The summed E-state index contributed by atoms with van der Waals surface area (Å²) in [6.07, 6.45) is 0.0708. The minimum atomic E-state index is -0.604. The fourth-order valence-electron chi connectivity index (χ4n) is 2.20. The molecule has 0 saturated heterocycles. The molecule has 2 aromatic carbocycles. The van der Waals surface area contributed by atoms with Crippen LogP contribution in [0, 0.1) is 0 Å². The number of Topliss-reactive ketones (excluding diaryl/α,β-unsaturated/α-hetero) is 1. The van der Waals surface area contributed by atoms with E-state index in [-0.39, 0.29) is 12.2 Å². The Hall–Kier alpha value is -2.46. The Labute approximate surface area is 123 Å². The molecule has 0 saturated carbocycles. The minimum absolute atomic E-state index is 0.0708. The molecular formula is C17H18N2O2. The normalized spacial score (nSPS) is 11.9. The maximum Gasteiger partial charge on any atom is 0.225 e. The highest BCUT2D eigenvalue weighted by Gasteiger charge is 2.22. The maximum atomic E-state index is 12.3. The first kappa shape index (κ1) is 14.9. The van der Waals surface area contributed by atoms with Gasteiger partial charge in [-0.05, 0) is 11.1 Å². The summed E-state index contributed by atoms with van der Waals surface area (Å²) in [5.41, 5.74) is 13.2. The van der Waals surface area contributed by atoms with Crippen LogP contribution in [0.15, 0.2) is 54.6 Å². The second-order valence-electron chi connectivity index (χ2n) is 4.89. The number of primary amides is 1. The lowest BCUT2D eigenvalue weighted by molar-refractivity contribution is -0.119. The second-order valence-corrected chi connectivity index (χ2v) is 4.89. The topological polar surface area (TPSA) is 86.2 Å². The summed E-state index contributed by atoms with van der Waals surface area (Å²) in [7, 11) is 0. The fraction of sp³-hybridized carbons (Fsp3) is 0.176. The van der Waals surface area contributed by atoms with Gasteiger partial charge in [-0.3, -0.25) is 9.59 Å². The first-order valence-corrected chi connectivity index (χ1v) is 6.78. The van der Waals surface area contributed by atoms with Gasteiger partial charge in [-0.1, -0.05) is 54.6 Å². The third kappa shape index (κ3) is 3.77. The molecule has 0 radical (unpaired) electrons. The highest BCUT2D eigenvalue weighted by atomic mass is 16.1. The number of amides is 1. The van der Waals surface area contributed by atoms with Crippen molar-refractivity contribution in [1.29, 1.82) is 0 Å². The summed E-state index contributed by atoms with van der Waals surface area (Å²) < 4.78 is 0. The number of hydrogen-bond acceptors (Lipinski definition) is 3. The van der Waals surface area contributed by atoms with E-state index in [2.05, 4.69) is 0 Å². The number of nitrogens with two attached hydrogens (primary N) is 2. The van der Waals surface area contributed by atoms with Crippen molar-refractivity contribution in [1.82, 2.24) is 0 Å². The van der Waals surface area contributed by atoms with Crippen LogP contribution in [0.5, 0.6) is 0 Å². The second kappa shape index (κ2) is 6.81. The monoisotopic (exact) mass is 282 g/mol. The Bertz CT molecular complexity index is 621. The predicted molar refractivity (Wildman–Crippen MR) is 81.7 cm³/mol. The van der Waals surface area contributed by atoms with Crippen molar-refractivity contribution in [2.75, 3.05) is 0 Å². The predicted octanol–water partition coefficient (Wildman–Crippen LogP) is 1.99. The van der Waals surface area contributed by atoms with E-state index in [1.807, 2.05) is 30.3 Å². The fourth-order valence-corrected chi connectivity index (χ4v) is 2.20. The van der Waals surface area contributed by atoms with Gasteiger partial charge >= 0.3 is 0 Å². The Kier molecular flexibility index (Phi) is 4.85. The molecule has 1 amide bonds. The Morgan fingerprint density at radius 3 is 2.10 bits per heavy atom. The zero-order chi connectivity index (χ0) is 15.2. The van der Waals surface area contributed by atoms with E-state index in [0.717, 1.165) is 11.1 Å². The van der Waals surface area contributed by atoms with Gasteiger partial charge < -0.3 is 11.5 Å². The van der Waals surface area contributed by atoms with Crippen molar-refractivity contribution in [3.05, 3.63) is 71.3 Å². The quantitative estimate of drug-likeness (QED) is 0.794.